The van der Waals surface area contributed by atoms with E-state index in [9.17, 15) is 0 Å². The van der Waals surface area contributed by atoms with Gasteiger partial charge in [0.05, 0.1) is 0 Å². The van der Waals surface area contributed by atoms with Crippen LogP contribution in [-0.2, 0) is 0 Å². The van der Waals surface area contributed by atoms with Gasteiger partial charge in [0, 0.05) is 25.2 Å². The first-order chi connectivity index (χ1) is 9.58. The molecule has 0 aromatic carbocycles. The van der Waals surface area contributed by atoms with Crippen LogP contribution < -0.4 is 5.32 Å². The summed E-state index contributed by atoms with van der Waals surface area (Å²) in [5.41, 5.74) is 0. The van der Waals surface area contributed by atoms with Crippen LogP contribution in [0.1, 0.15) is 52.9 Å². The summed E-state index contributed by atoms with van der Waals surface area (Å²) in [6.07, 6.45) is 7.04. The van der Waals surface area contributed by atoms with Gasteiger partial charge in [-0.2, -0.15) is 0 Å². The monoisotopic (exact) mass is 283 g/mol. The Labute approximate surface area is 127 Å². The summed E-state index contributed by atoms with van der Waals surface area (Å²) >= 11 is 0. The lowest BCUT2D eigenvalue weighted by molar-refractivity contribution is 0.139. The minimum absolute atomic E-state index is 0.653. The second-order valence-corrected chi connectivity index (χ2v) is 6.76. The van der Waals surface area contributed by atoms with Crippen molar-refractivity contribution in [2.75, 3.05) is 40.3 Å². The molecule has 0 amide bonds. The maximum atomic E-state index is 3.75. The Hall–Kier alpha value is -0.120. The van der Waals surface area contributed by atoms with Gasteiger partial charge in [-0.25, -0.2) is 0 Å². The van der Waals surface area contributed by atoms with Crippen LogP contribution in [0, 0.1) is 5.92 Å². The van der Waals surface area contributed by atoms with E-state index >= 15 is 0 Å². The van der Waals surface area contributed by atoms with Gasteiger partial charge in [0.1, 0.15) is 0 Å². The van der Waals surface area contributed by atoms with Crippen molar-refractivity contribution in [2.24, 2.45) is 5.92 Å². The highest BCUT2D eigenvalue weighted by molar-refractivity contribution is 4.83. The molecular formula is C17H37N3. The fraction of sp³-hybridized carbons (Fsp3) is 1.00. The molecule has 3 heteroatoms. The quantitative estimate of drug-likeness (QED) is 0.691. The Balaban J connectivity index is 2.59. The van der Waals surface area contributed by atoms with Crippen molar-refractivity contribution in [1.29, 1.82) is 0 Å². The molecule has 0 radical (unpaired) electrons. The van der Waals surface area contributed by atoms with Gasteiger partial charge >= 0.3 is 0 Å². The Morgan fingerprint density at radius 2 is 1.80 bits per heavy atom. The van der Waals surface area contributed by atoms with E-state index in [-0.39, 0.29) is 0 Å². The van der Waals surface area contributed by atoms with Crippen LogP contribution in [0.4, 0.5) is 0 Å². The summed E-state index contributed by atoms with van der Waals surface area (Å²) in [4.78, 5) is 4.99. The normalized spacial score (nSPS) is 25.9. The first kappa shape index (κ1) is 17.9. The molecule has 0 saturated heterocycles. The Kier molecular flexibility index (Phi) is 8.74. The predicted octanol–water partition coefficient (Wildman–Crippen LogP) is 2.82. The lowest BCUT2D eigenvalue weighted by Crippen LogP contribution is -2.47. The van der Waals surface area contributed by atoms with Crippen LogP contribution in [0.25, 0.3) is 0 Å². The first-order valence-electron chi connectivity index (χ1n) is 8.70. The topological polar surface area (TPSA) is 18.5 Å². The van der Waals surface area contributed by atoms with Gasteiger partial charge in [-0.3, -0.25) is 4.90 Å². The lowest BCUT2D eigenvalue weighted by atomic mass is 9.93. The lowest BCUT2D eigenvalue weighted by Gasteiger charge is -2.35. The Morgan fingerprint density at radius 1 is 1.10 bits per heavy atom. The van der Waals surface area contributed by atoms with E-state index in [4.69, 9.17) is 0 Å². The largest absolute Gasteiger partial charge is 0.314 e. The molecule has 0 aromatic rings. The van der Waals surface area contributed by atoms with Crippen molar-refractivity contribution in [1.82, 2.24) is 15.1 Å². The number of nitrogens with one attached hydrogen (secondary N) is 1. The van der Waals surface area contributed by atoms with E-state index in [0.29, 0.717) is 6.04 Å². The molecule has 0 heterocycles. The fourth-order valence-electron chi connectivity index (χ4n) is 3.70. The molecule has 1 N–H and O–H groups in total. The predicted molar refractivity (Wildman–Crippen MR) is 89.3 cm³/mol. The van der Waals surface area contributed by atoms with Crippen LogP contribution in [-0.4, -0.2) is 62.2 Å². The van der Waals surface area contributed by atoms with Crippen LogP contribution in [0.5, 0.6) is 0 Å². The number of rotatable bonds is 8. The molecule has 20 heavy (non-hydrogen) atoms. The number of hydrogen-bond acceptors (Lipinski definition) is 3. The maximum Gasteiger partial charge on any atom is 0.0194 e. The van der Waals surface area contributed by atoms with Crippen LogP contribution >= 0.6 is 0 Å². The summed E-state index contributed by atoms with van der Waals surface area (Å²) in [6, 6.07) is 1.39. The van der Waals surface area contributed by atoms with E-state index in [0.717, 1.165) is 25.0 Å². The van der Waals surface area contributed by atoms with Crippen molar-refractivity contribution in [3.8, 4) is 0 Å². The summed E-state index contributed by atoms with van der Waals surface area (Å²) in [5, 5.41) is 3.75. The minimum atomic E-state index is 0.653. The number of likely N-dealkylation sites (N-methyl/N-ethyl adjacent to an activating group) is 2. The first-order valence-corrected chi connectivity index (χ1v) is 8.70. The summed E-state index contributed by atoms with van der Waals surface area (Å²) < 4.78 is 0. The van der Waals surface area contributed by atoms with Crippen molar-refractivity contribution < 1.29 is 0 Å². The average molecular weight is 284 g/mol. The van der Waals surface area contributed by atoms with Crippen LogP contribution in [0.15, 0.2) is 0 Å². The standard InChI is InChI=1S/C17H37N3/c1-6-18-17-12-10-8-9-11-16(17)14-20(7-2)15(3)13-19(4)5/h15-18H,6-14H2,1-5H3. The average Bonchev–Trinajstić information content (AvgIpc) is 2.61. The summed E-state index contributed by atoms with van der Waals surface area (Å²) in [5.74, 6) is 0.835. The molecule has 1 aliphatic rings. The Morgan fingerprint density at radius 3 is 2.40 bits per heavy atom. The number of hydrogen-bond donors (Lipinski definition) is 1. The third-order valence-corrected chi connectivity index (χ3v) is 4.75. The molecule has 1 fully saturated rings. The Bertz CT molecular complexity index is 242. The molecule has 1 aliphatic carbocycles. The zero-order chi connectivity index (χ0) is 15.0. The molecule has 0 bridgehead atoms. The molecule has 3 nitrogen and oxygen atoms in total. The zero-order valence-electron chi connectivity index (χ0n) is 14.5. The molecule has 3 unspecified atom stereocenters. The van der Waals surface area contributed by atoms with Crippen molar-refractivity contribution in [2.45, 2.75) is 65.0 Å². The third kappa shape index (κ3) is 6.11. The molecule has 1 rings (SSSR count). The van der Waals surface area contributed by atoms with E-state index in [1.165, 1.54) is 45.2 Å². The molecular weight excluding hydrogens is 246 g/mol. The van der Waals surface area contributed by atoms with Gasteiger partial charge < -0.3 is 10.2 Å². The summed E-state index contributed by atoms with van der Waals surface area (Å²) in [6.45, 7) is 11.6. The van der Waals surface area contributed by atoms with Crippen molar-refractivity contribution in [3.63, 3.8) is 0 Å². The molecule has 1 saturated carbocycles. The van der Waals surface area contributed by atoms with Gasteiger partial charge in [-0.15, -0.1) is 0 Å². The van der Waals surface area contributed by atoms with Crippen molar-refractivity contribution >= 4 is 0 Å². The molecule has 0 spiro atoms. The highest BCUT2D eigenvalue weighted by Crippen LogP contribution is 2.25. The smallest absolute Gasteiger partial charge is 0.0194 e. The van der Waals surface area contributed by atoms with Crippen molar-refractivity contribution in [3.05, 3.63) is 0 Å². The van der Waals surface area contributed by atoms with Gasteiger partial charge in [-0.1, -0.05) is 33.1 Å². The molecule has 3 atom stereocenters. The molecule has 0 aliphatic heterocycles. The van der Waals surface area contributed by atoms with Crippen LogP contribution in [0.2, 0.25) is 0 Å². The second-order valence-electron chi connectivity index (χ2n) is 6.76. The zero-order valence-corrected chi connectivity index (χ0v) is 14.5. The summed E-state index contributed by atoms with van der Waals surface area (Å²) in [7, 11) is 4.36. The minimum Gasteiger partial charge on any atom is -0.314 e. The third-order valence-electron chi connectivity index (χ3n) is 4.75. The van der Waals surface area contributed by atoms with Gasteiger partial charge in [0.15, 0.2) is 0 Å². The number of nitrogens with zero attached hydrogens (tertiary/aromatic N) is 2. The van der Waals surface area contributed by atoms with E-state index in [1.807, 2.05) is 0 Å². The fourth-order valence-corrected chi connectivity index (χ4v) is 3.70. The second kappa shape index (κ2) is 9.75. The van der Waals surface area contributed by atoms with E-state index in [2.05, 4.69) is 50.0 Å². The highest BCUT2D eigenvalue weighted by atomic mass is 15.2. The molecule has 0 aromatic heterocycles. The molecule has 120 valence electrons. The maximum absolute atomic E-state index is 3.75. The van der Waals surface area contributed by atoms with Gasteiger partial charge in [0.25, 0.3) is 0 Å². The SMILES string of the molecule is CCNC1CCCCCC1CN(CC)C(C)CN(C)C. The van der Waals surface area contributed by atoms with Gasteiger partial charge in [0.2, 0.25) is 0 Å². The van der Waals surface area contributed by atoms with Gasteiger partial charge in [-0.05, 0) is 52.9 Å². The van der Waals surface area contributed by atoms with E-state index < -0.39 is 0 Å². The highest BCUT2D eigenvalue weighted by Gasteiger charge is 2.26. The van der Waals surface area contributed by atoms with E-state index in [1.54, 1.807) is 0 Å². The van der Waals surface area contributed by atoms with Crippen LogP contribution in [0.3, 0.4) is 0 Å².